The normalized spacial score (nSPS) is 10.1. The average Bonchev–Trinajstić information content (AvgIpc) is 2.35. The van der Waals surface area contributed by atoms with Gasteiger partial charge >= 0.3 is 11.9 Å². The lowest BCUT2D eigenvalue weighted by molar-refractivity contribution is -0.148. The third kappa shape index (κ3) is 4.68. The predicted octanol–water partition coefficient (Wildman–Crippen LogP) is 2.04. The van der Waals surface area contributed by atoms with Gasteiger partial charge in [-0.1, -0.05) is 32.0 Å². The van der Waals surface area contributed by atoms with Crippen molar-refractivity contribution in [2.24, 2.45) is 5.92 Å². The van der Waals surface area contributed by atoms with E-state index in [2.05, 4.69) is 0 Å². The van der Waals surface area contributed by atoms with E-state index in [-0.39, 0.29) is 25.1 Å². The van der Waals surface area contributed by atoms with Crippen LogP contribution in [0.2, 0.25) is 0 Å². The van der Waals surface area contributed by atoms with Crippen LogP contribution in [0, 0.1) is 5.92 Å². The molecule has 0 bridgehead atoms. The van der Waals surface area contributed by atoms with E-state index in [0.29, 0.717) is 5.56 Å². The van der Waals surface area contributed by atoms with Gasteiger partial charge in [-0.25, -0.2) is 4.79 Å². The van der Waals surface area contributed by atoms with Gasteiger partial charge in [-0.05, 0) is 12.1 Å². The largest absolute Gasteiger partial charge is 0.462 e. The van der Waals surface area contributed by atoms with Crippen LogP contribution in [0.1, 0.15) is 24.2 Å². The molecule has 0 saturated carbocycles. The lowest BCUT2D eigenvalue weighted by Crippen LogP contribution is -2.17. The van der Waals surface area contributed by atoms with Crippen LogP contribution in [0.4, 0.5) is 0 Å². The lowest BCUT2D eigenvalue weighted by atomic mass is 10.2. The van der Waals surface area contributed by atoms with Gasteiger partial charge in [-0.2, -0.15) is 0 Å². The number of hydrogen-bond donors (Lipinski definition) is 0. The number of rotatable bonds is 5. The monoisotopic (exact) mass is 236 g/mol. The first-order valence-corrected chi connectivity index (χ1v) is 5.50. The Kier molecular flexibility index (Phi) is 5.20. The minimum atomic E-state index is -0.411. The van der Waals surface area contributed by atoms with Crippen molar-refractivity contribution in [2.75, 3.05) is 13.2 Å². The number of esters is 2. The van der Waals surface area contributed by atoms with Crippen molar-refractivity contribution < 1.29 is 19.1 Å². The molecule has 92 valence electrons. The minimum absolute atomic E-state index is 0.0756. The Bertz CT molecular complexity index is 370. The molecule has 0 aliphatic rings. The first kappa shape index (κ1) is 13.2. The maximum Gasteiger partial charge on any atom is 0.338 e. The highest BCUT2D eigenvalue weighted by Gasteiger charge is 2.09. The molecule has 0 spiro atoms. The summed E-state index contributed by atoms with van der Waals surface area (Å²) in [5, 5.41) is 0. The summed E-state index contributed by atoms with van der Waals surface area (Å²) in [6.45, 7) is 3.67. The molecule has 0 atom stereocenters. The van der Waals surface area contributed by atoms with Crippen LogP contribution in [0.3, 0.4) is 0 Å². The molecule has 1 aromatic rings. The molecule has 17 heavy (non-hydrogen) atoms. The summed E-state index contributed by atoms with van der Waals surface area (Å²) in [6, 6.07) is 8.68. The van der Waals surface area contributed by atoms with Crippen LogP contribution in [0.25, 0.3) is 0 Å². The Balaban J connectivity index is 2.24. The van der Waals surface area contributed by atoms with Gasteiger partial charge in [0.05, 0.1) is 11.5 Å². The Hall–Kier alpha value is -1.84. The molecule has 1 rings (SSSR count). The standard InChI is InChI=1S/C13H16O4/c1-10(2)12(14)16-8-9-17-13(15)11-6-4-3-5-7-11/h3-7,10H,8-9H2,1-2H3. The molecule has 4 nitrogen and oxygen atoms in total. The highest BCUT2D eigenvalue weighted by Crippen LogP contribution is 2.01. The van der Waals surface area contributed by atoms with Crippen molar-refractivity contribution in [1.29, 1.82) is 0 Å². The van der Waals surface area contributed by atoms with E-state index in [1.54, 1.807) is 38.1 Å². The zero-order chi connectivity index (χ0) is 12.7. The molecule has 0 unspecified atom stereocenters. The van der Waals surface area contributed by atoms with E-state index < -0.39 is 5.97 Å². The molecule has 4 heteroatoms. The maximum atomic E-state index is 11.5. The van der Waals surface area contributed by atoms with Crippen molar-refractivity contribution in [1.82, 2.24) is 0 Å². The Morgan fingerprint density at radius 1 is 1.06 bits per heavy atom. The Labute approximate surface area is 101 Å². The average molecular weight is 236 g/mol. The van der Waals surface area contributed by atoms with Gasteiger partial charge in [0, 0.05) is 0 Å². The molecule has 0 aromatic heterocycles. The van der Waals surface area contributed by atoms with E-state index in [1.165, 1.54) is 0 Å². The van der Waals surface area contributed by atoms with E-state index >= 15 is 0 Å². The second kappa shape index (κ2) is 6.68. The Morgan fingerprint density at radius 2 is 1.65 bits per heavy atom. The quantitative estimate of drug-likeness (QED) is 0.580. The summed E-state index contributed by atoms with van der Waals surface area (Å²) in [6.07, 6.45) is 0. The summed E-state index contributed by atoms with van der Waals surface area (Å²) < 4.78 is 9.82. The smallest absolute Gasteiger partial charge is 0.338 e. The fourth-order valence-electron chi connectivity index (χ4n) is 1.10. The van der Waals surface area contributed by atoms with E-state index in [1.807, 2.05) is 6.07 Å². The molecule has 0 aliphatic heterocycles. The zero-order valence-corrected chi connectivity index (χ0v) is 10.0. The topological polar surface area (TPSA) is 52.6 Å². The molecule has 0 N–H and O–H groups in total. The van der Waals surface area contributed by atoms with Crippen molar-refractivity contribution in [2.45, 2.75) is 13.8 Å². The SMILES string of the molecule is CC(C)C(=O)OCCOC(=O)c1ccccc1. The molecule has 1 aromatic carbocycles. The highest BCUT2D eigenvalue weighted by molar-refractivity contribution is 5.89. The van der Waals surface area contributed by atoms with E-state index in [4.69, 9.17) is 9.47 Å². The first-order chi connectivity index (χ1) is 8.11. The second-order valence-electron chi connectivity index (χ2n) is 3.82. The number of carbonyl (C=O) groups excluding carboxylic acids is 2. The van der Waals surface area contributed by atoms with Crippen LogP contribution in [-0.2, 0) is 14.3 Å². The number of carbonyl (C=O) groups is 2. The van der Waals surface area contributed by atoms with Crippen molar-refractivity contribution >= 4 is 11.9 Å². The number of benzene rings is 1. The summed E-state index contributed by atoms with van der Waals surface area (Å²) in [4.78, 5) is 22.6. The van der Waals surface area contributed by atoms with Gasteiger partial charge in [0.25, 0.3) is 0 Å². The summed E-state index contributed by atoms with van der Waals surface area (Å²) in [7, 11) is 0. The third-order valence-electron chi connectivity index (χ3n) is 2.04. The molecule has 0 amide bonds. The molecular weight excluding hydrogens is 220 g/mol. The molecular formula is C13H16O4. The summed E-state index contributed by atoms with van der Waals surface area (Å²) in [5.74, 6) is -0.869. The molecule has 0 fully saturated rings. The third-order valence-corrected chi connectivity index (χ3v) is 2.04. The van der Waals surface area contributed by atoms with Gasteiger partial charge in [-0.15, -0.1) is 0 Å². The van der Waals surface area contributed by atoms with Crippen LogP contribution in [0.15, 0.2) is 30.3 Å². The molecule has 0 aliphatic carbocycles. The number of hydrogen-bond acceptors (Lipinski definition) is 4. The Morgan fingerprint density at radius 3 is 2.24 bits per heavy atom. The van der Waals surface area contributed by atoms with Crippen LogP contribution < -0.4 is 0 Å². The van der Waals surface area contributed by atoms with Crippen LogP contribution in [-0.4, -0.2) is 25.2 Å². The second-order valence-corrected chi connectivity index (χ2v) is 3.82. The van der Waals surface area contributed by atoms with Gasteiger partial charge in [0.2, 0.25) is 0 Å². The minimum Gasteiger partial charge on any atom is -0.462 e. The molecule has 0 heterocycles. The summed E-state index contributed by atoms with van der Waals surface area (Å²) in [5.41, 5.74) is 0.489. The van der Waals surface area contributed by atoms with Gasteiger partial charge in [-0.3, -0.25) is 4.79 Å². The first-order valence-electron chi connectivity index (χ1n) is 5.50. The van der Waals surface area contributed by atoms with Gasteiger partial charge in [0.1, 0.15) is 13.2 Å². The number of ether oxygens (including phenoxy) is 2. The lowest BCUT2D eigenvalue weighted by Gasteiger charge is -2.07. The maximum absolute atomic E-state index is 11.5. The van der Waals surface area contributed by atoms with Crippen LogP contribution in [0.5, 0.6) is 0 Å². The summed E-state index contributed by atoms with van der Waals surface area (Å²) >= 11 is 0. The van der Waals surface area contributed by atoms with Crippen molar-refractivity contribution in [3.63, 3.8) is 0 Å². The van der Waals surface area contributed by atoms with Crippen molar-refractivity contribution in [3.05, 3.63) is 35.9 Å². The fraction of sp³-hybridized carbons (Fsp3) is 0.385. The van der Waals surface area contributed by atoms with Gasteiger partial charge < -0.3 is 9.47 Å². The molecule has 0 radical (unpaired) electrons. The van der Waals surface area contributed by atoms with Gasteiger partial charge in [0.15, 0.2) is 0 Å². The predicted molar refractivity (Wildman–Crippen MR) is 62.5 cm³/mol. The highest BCUT2D eigenvalue weighted by atomic mass is 16.6. The van der Waals surface area contributed by atoms with E-state index in [9.17, 15) is 9.59 Å². The van der Waals surface area contributed by atoms with Crippen molar-refractivity contribution in [3.8, 4) is 0 Å². The fourth-order valence-corrected chi connectivity index (χ4v) is 1.10. The molecule has 0 saturated heterocycles. The van der Waals surface area contributed by atoms with E-state index in [0.717, 1.165) is 0 Å². The van der Waals surface area contributed by atoms with Crippen LogP contribution >= 0.6 is 0 Å². The zero-order valence-electron chi connectivity index (χ0n) is 10.0.